The Morgan fingerprint density at radius 2 is 2.19 bits per heavy atom. The van der Waals surface area contributed by atoms with Gasteiger partial charge in [-0.15, -0.1) is 0 Å². The zero-order chi connectivity index (χ0) is 11.9. The van der Waals surface area contributed by atoms with Gasteiger partial charge in [-0.3, -0.25) is 0 Å². The van der Waals surface area contributed by atoms with E-state index in [1.165, 1.54) is 0 Å². The highest BCUT2D eigenvalue weighted by Gasteiger charge is 2.36. The van der Waals surface area contributed by atoms with E-state index in [0.717, 1.165) is 16.5 Å². The lowest BCUT2D eigenvalue weighted by molar-refractivity contribution is 0.189. The first-order valence-corrected chi connectivity index (χ1v) is 6.66. The number of hydrogen-bond donors (Lipinski definition) is 1. The number of hydrogen-bond acceptors (Lipinski definition) is 2. The Kier molecular flexibility index (Phi) is 3.69. The molecule has 0 bridgehead atoms. The summed E-state index contributed by atoms with van der Waals surface area (Å²) in [5, 5.41) is 4.50. The summed E-state index contributed by atoms with van der Waals surface area (Å²) in [5.41, 5.74) is 0.954. The van der Waals surface area contributed by atoms with E-state index in [1.54, 1.807) is 6.07 Å². The van der Waals surface area contributed by atoms with Crippen LogP contribution in [0.4, 0.5) is 0 Å². The fraction of sp³-hybridized carbons (Fsp3) is 0.455. The van der Waals surface area contributed by atoms with Crippen LogP contribution < -0.4 is 10.1 Å². The zero-order valence-corrected chi connectivity index (χ0v) is 12.1. The first-order chi connectivity index (χ1) is 7.60. The highest BCUT2D eigenvalue weighted by molar-refractivity contribution is 9.10. The molecule has 1 aliphatic rings. The van der Waals surface area contributed by atoms with Crippen LogP contribution in [0, 0.1) is 0 Å². The average Bonchev–Trinajstić information content (AvgIpc) is 2.64. The molecule has 1 aromatic carbocycles. The lowest BCUT2D eigenvalue weighted by atomic mass is 10.0. The van der Waals surface area contributed by atoms with Crippen LogP contribution >= 0.6 is 39.1 Å². The van der Waals surface area contributed by atoms with Crippen LogP contribution in [0.1, 0.15) is 24.9 Å². The third-order valence-corrected chi connectivity index (χ3v) is 4.37. The van der Waals surface area contributed by atoms with E-state index in [1.807, 2.05) is 7.05 Å². The minimum atomic E-state index is 0.0873. The van der Waals surface area contributed by atoms with E-state index in [0.29, 0.717) is 15.8 Å². The molecule has 1 aliphatic heterocycles. The first-order valence-electron chi connectivity index (χ1n) is 5.11. The SMILES string of the molecule is CCC1Oc2c(Cl)cc(Br)c(Cl)c2C1NC. The molecule has 0 saturated heterocycles. The van der Waals surface area contributed by atoms with Crippen LogP contribution in [0.3, 0.4) is 0 Å². The van der Waals surface area contributed by atoms with Crippen molar-refractivity contribution in [1.29, 1.82) is 0 Å². The van der Waals surface area contributed by atoms with Crippen molar-refractivity contribution >= 4 is 39.1 Å². The van der Waals surface area contributed by atoms with Gasteiger partial charge in [-0.2, -0.15) is 0 Å². The Morgan fingerprint density at radius 1 is 1.50 bits per heavy atom. The molecule has 0 saturated carbocycles. The smallest absolute Gasteiger partial charge is 0.144 e. The van der Waals surface area contributed by atoms with Gasteiger partial charge in [0.25, 0.3) is 0 Å². The number of likely N-dealkylation sites (N-methyl/N-ethyl adjacent to an activating group) is 1. The molecule has 16 heavy (non-hydrogen) atoms. The molecule has 2 nitrogen and oxygen atoms in total. The summed E-state index contributed by atoms with van der Waals surface area (Å²) in [7, 11) is 1.90. The second-order valence-corrected chi connectivity index (χ2v) is 5.37. The maximum Gasteiger partial charge on any atom is 0.144 e. The number of rotatable bonds is 2. The van der Waals surface area contributed by atoms with E-state index in [9.17, 15) is 0 Å². The lowest BCUT2D eigenvalue weighted by Gasteiger charge is -2.16. The van der Waals surface area contributed by atoms with Gasteiger partial charge in [-0.1, -0.05) is 30.1 Å². The molecule has 1 heterocycles. The lowest BCUT2D eigenvalue weighted by Crippen LogP contribution is -2.27. The molecule has 2 atom stereocenters. The Bertz CT molecular complexity index is 425. The normalized spacial score (nSPS) is 23.1. The Labute approximate surface area is 113 Å². The van der Waals surface area contributed by atoms with E-state index >= 15 is 0 Å². The van der Waals surface area contributed by atoms with Crippen molar-refractivity contribution in [3.63, 3.8) is 0 Å². The summed E-state index contributed by atoms with van der Waals surface area (Å²) >= 11 is 15.8. The maximum absolute atomic E-state index is 6.28. The van der Waals surface area contributed by atoms with Crippen LogP contribution in [0.2, 0.25) is 10.0 Å². The van der Waals surface area contributed by atoms with E-state index < -0.39 is 0 Å². The number of benzene rings is 1. The van der Waals surface area contributed by atoms with Crippen LogP contribution in [-0.4, -0.2) is 13.2 Å². The molecule has 5 heteroatoms. The molecule has 1 N–H and O–H groups in total. The second kappa shape index (κ2) is 4.73. The summed E-state index contributed by atoms with van der Waals surface area (Å²) in [6.07, 6.45) is 0.995. The molecule has 0 fully saturated rings. The highest BCUT2D eigenvalue weighted by Crippen LogP contribution is 2.48. The third-order valence-electron chi connectivity index (χ3n) is 2.83. The van der Waals surface area contributed by atoms with Gasteiger partial charge >= 0.3 is 0 Å². The summed E-state index contributed by atoms with van der Waals surface area (Å²) in [6, 6.07) is 1.87. The van der Waals surface area contributed by atoms with Crippen molar-refractivity contribution in [3.05, 3.63) is 26.1 Å². The highest BCUT2D eigenvalue weighted by atomic mass is 79.9. The van der Waals surface area contributed by atoms with Gasteiger partial charge in [0.2, 0.25) is 0 Å². The molecular weight excluding hydrogens is 313 g/mol. The van der Waals surface area contributed by atoms with Crippen molar-refractivity contribution in [2.24, 2.45) is 0 Å². The minimum Gasteiger partial charge on any atom is -0.486 e. The summed E-state index contributed by atoms with van der Waals surface area (Å²) in [5.74, 6) is 0.709. The molecule has 2 rings (SSSR count). The number of nitrogens with one attached hydrogen (secondary N) is 1. The molecular formula is C11H12BrCl2NO. The zero-order valence-electron chi connectivity index (χ0n) is 8.98. The summed E-state index contributed by atoms with van der Waals surface area (Å²) in [4.78, 5) is 0. The number of halogens is 3. The van der Waals surface area contributed by atoms with Crippen molar-refractivity contribution in [2.75, 3.05) is 7.05 Å². The van der Waals surface area contributed by atoms with Crippen molar-refractivity contribution in [2.45, 2.75) is 25.5 Å². The van der Waals surface area contributed by atoms with Crippen LogP contribution in [-0.2, 0) is 0 Å². The molecule has 0 aromatic heterocycles. The number of fused-ring (bicyclic) bond motifs is 1. The van der Waals surface area contributed by atoms with E-state index in [4.69, 9.17) is 27.9 Å². The maximum atomic E-state index is 6.28. The van der Waals surface area contributed by atoms with E-state index in [-0.39, 0.29) is 12.1 Å². The topological polar surface area (TPSA) is 21.3 Å². The second-order valence-electron chi connectivity index (χ2n) is 3.73. The molecule has 0 spiro atoms. The average molecular weight is 325 g/mol. The fourth-order valence-corrected chi connectivity index (χ4v) is 3.14. The van der Waals surface area contributed by atoms with Crippen molar-refractivity contribution in [3.8, 4) is 5.75 Å². The molecule has 0 aliphatic carbocycles. The largest absolute Gasteiger partial charge is 0.486 e. The van der Waals surface area contributed by atoms with Crippen molar-refractivity contribution in [1.82, 2.24) is 5.32 Å². The van der Waals surface area contributed by atoms with Gasteiger partial charge in [-0.25, -0.2) is 0 Å². The minimum absolute atomic E-state index is 0.0873. The van der Waals surface area contributed by atoms with Gasteiger partial charge in [0.1, 0.15) is 11.9 Å². The van der Waals surface area contributed by atoms with Crippen molar-refractivity contribution < 1.29 is 4.74 Å². The standard InChI is InChI=1S/C11H12BrCl2NO/c1-3-7-10(15-2)8-9(14)5(12)4-6(13)11(8)16-7/h4,7,10,15H,3H2,1-2H3. The monoisotopic (exact) mass is 323 g/mol. The van der Waals surface area contributed by atoms with Crippen LogP contribution in [0.25, 0.3) is 0 Å². The summed E-state index contributed by atoms with van der Waals surface area (Å²) in [6.45, 7) is 2.08. The Hall–Kier alpha value is 0.0400. The molecule has 88 valence electrons. The van der Waals surface area contributed by atoms with Gasteiger partial charge in [0.05, 0.1) is 16.1 Å². The van der Waals surface area contributed by atoms with Crippen LogP contribution in [0.5, 0.6) is 5.75 Å². The molecule has 2 unspecified atom stereocenters. The quantitative estimate of drug-likeness (QED) is 0.824. The number of ether oxygens (including phenoxy) is 1. The molecule has 0 amide bonds. The van der Waals surface area contributed by atoms with Gasteiger partial charge < -0.3 is 10.1 Å². The Balaban J connectivity index is 2.58. The molecule has 0 radical (unpaired) electrons. The van der Waals surface area contributed by atoms with Gasteiger partial charge in [0.15, 0.2) is 0 Å². The third kappa shape index (κ3) is 1.84. The first kappa shape index (κ1) is 12.5. The molecule has 1 aromatic rings. The predicted octanol–water partition coefficient (Wildman–Crippen LogP) is 4.19. The van der Waals surface area contributed by atoms with Gasteiger partial charge in [-0.05, 0) is 35.5 Å². The van der Waals surface area contributed by atoms with Crippen LogP contribution in [0.15, 0.2) is 10.5 Å². The van der Waals surface area contributed by atoms with Gasteiger partial charge in [0, 0.05) is 10.0 Å². The summed E-state index contributed by atoms with van der Waals surface area (Å²) < 4.78 is 6.63. The Morgan fingerprint density at radius 3 is 2.75 bits per heavy atom. The van der Waals surface area contributed by atoms with E-state index in [2.05, 4.69) is 28.2 Å². The predicted molar refractivity (Wildman–Crippen MR) is 70.7 cm³/mol. The fourth-order valence-electron chi connectivity index (χ4n) is 2.05.